The van der Waals surface area contributed by atoms with Crippen LogP contribution >= 0.6 is 11.8 Å². The lowest BCUT2D eigenvalue weighted by atomic mass is 9.73. The van der Waals surface area contributed by atoms with Gasteiger partial charge in [0.05, 0.1) is 0 Å². The van der Waals surface area contributed by atoms with Gasteiger partial charge in [-0.05, 0) is 48.0 Å². The summed E-state index contributed by atoms with van der Waals surface area (Å²) in [6, 6.07) is 0. The maximum absolute atomic E-state index is 4.17. The van der Waals surface area contributed by atoms with E-state index in [0.717, 1.165) is 11.8 Å². The van der Waals surface area contributed by atoms with Gasteiger partial charge in [0.1, 0.15) is 0 Å². The van der Waals surface area contributed by atoms with Crippen LogP contribution in [0, 0.1) is 22.7 Å². The maximum atomic E-state index is 4.17. The van der Waals surface area contributed by atoms with Crippen molar-refractivity contribution in [1.29, 1.82) is 0 Å². The molecule has 0 N–H and O–H groups in total. The van der Waals surface area contributed by atoms with Gasteiger partial charge < -0.3 is 0 Å². The van der Waals surface area contributed by atoms with Gasteiger partial charge in [0.25, 0.3) is 0 Å². The second kappa shape index (κ2) is 4.16. The van der Waals surface area contributed by atoms with Crippen molar-refractivity contribution in [2.75, 3.05) is 12.0 Å². The predicted octanol–water partition coefficient (Wildman–Crippen LogP) is 4.61. The monoisotopic (exact) mass is 226 g/mol. The molecule has 1 saturated carbocycles. The first-order valence-corrected chi connectivity index (χ1v) is 7.33. The number of thioether (sulfide) groups is 1. The first kappa shape index (κ1) is 13.2. The van der Waals surface area contributed by atoms with E-state index < -0.39 is 0 Å². The molecule has 0 aromatic rings. The van der Waals surface area contributed by atoms with Gasteiger partial charge in [-0.3, -0.25) is 0 Å². The van der Waals surface area contributed by atoms with Crippen molar-refractivity contribution < 1.29 is 0 Å². The van der Waals surface area contributed by atoms with Gasteiger partial charge in [-0.25, -0.2) is 0 Å². The third-order valence-electron chi connectivity index (χ3n) is 4.78. The molecule has 0 bridgehead atoms. The minimum absolute atomic E-state index is 0.425. The molecule has 1 aliphatic rings. The minimum atomic E-state index is 0.425. The van der Waals surface area contributed by atoms with Crippen LogP contribution < -0.4 is 0 Å². The van der Waals surface area contributed by atoms with Gasteiger partial charge in [0.15, 0.2) is 0 Å². The summed E-state index contributed by atoms with van der Waals surface area (Å²) in [7, 11) is 0. The molecule has 0 radical (unpaired) electrons. The van der Waals surface area contributed by atoms with E-state index in [0.29, 0.717) is 10.8 Å². The molecule has 0 saturated heterocycles. The van der Waals surface area contributed by atoms with Crippen LogP contribution in [0.3, 0.4) is 0 Å². The second-order valence-electron chi connectivity index (χ2n) is 6.05. The lowest BCUT2D eigenvalue weighted by Gasteiger charge is -2.36. The molecule has 0 aromatic heterocycles. The Kier molecular flexibility index (Phi) is 3.65. The van der Waals surface area contributed by atoms with E-state index in [9.17, 15) is 0 Å². The van der Waals surface area contributed by atoms with Crippen LogP contribution in [0.25, 0.3) is 0 Å². The molecule has 0 aromatic carbocycles. The zero-order valence-corrected chi connectivity index (χ0v) is 12.0. The number of hydrogen-bond acceptors (Lipinski definition) is 1. The highest BCUT2D eigenvalue weighted by atomic mass is 32.2. The molecule has 1 heteroatoms. The van der Waals surface area contributed by atoms with Crippen LogP contribution in [0.2, 0.25) is 0 Å². The summed E-state index contributed by atoms with van der Waals surface area (Å²) in [6.07, 6.45) is 3.57. The Morgan fingerprint density at radius 1 is 1.60 bits per heavy atom. The van der Waals surface area contributed by atoms with Gasteiger partial charge in [-0.15, -0.1) is 0 Å². The third-order valence-corrected chi connectivity index (χ3v) is 5.69. The first-order valence-electron chi connectivity index (χ1n) is 5.94. The Morgan fingerprint density at radius 3 is 2.40 bits per heavy atom. The molecule has 0 nitrogen and oxygen atoms in total. The maximum Gasteiger partial charge on any atom is -0.00108 e. The van der Waals surface area contributed by atoms with E-state index in [1.165, 1.54) is 17.7 Å². The number of hydrogen-bond donors (Lipinski definition) is 0. The molecular formula is C14H26S. The Balaban J connectivity index is 2.82. The third kappa shape index (κ3) is 2.13. The van der Waals surface area contributed by atoms with E-state index in [2.05, 4.69) is 47.5 Å². The van der Waals surface area contributed by atoms with Crippen molar-refractivity contribution in [2.45, 2.75) is 41.0 Å². The molecule has 15 heavy (non-hydrogen) atoms. The molecule has 0 spiro atoms. The predicted molar refractivity (Wildman–Crippen MR) is 72.4 cm³/mol. The largest absolute Gasteiger partial charge is 0.165 e. The molecular weight excluding hydrogens is 200 g/mol. The molecule has 1 aliphatic carbocycles. The summed E-state index contributed by atoms with van der Waals surface area (Å²) in [5.74, 6) is 2.88. The molecule has 3 atom stereocenters. The van der Waals surface area contributed by atoms with Crippen LogP contribution in [0.5, 0.6) is 0 Å². The number of rotatable bonds is 5. The van der Waals surface area contributed by atoms with E-state index >= 15 is 0 Å². The molecule has 1 fully saturated rings. The fraction of sp³-hybridized carbons (Fsp3) is 0.857. The highest BCUT2D eigenvalue weighted by molar-refractivity contribution is 7.98. The highest BCUT2D eigenvalue weighted by Crippen LogP contribution is 2.66. The SMILES string of the molecule is C=C(C)C1(C)CC1C(C)(CSC)C(C)C. The lowest BCUT2D eigenvalue weighted by molar-refractivity contribution is 0.192. The fourth-order valence-electron chi connectivity index (χ4n) is 2.78. The highest BCUT2D eigenvalue weighted by Gasteiger charge is 2.59. The van der Waals surface area contributed by atoms with Gasteiger partial charge in [-0.1, -0.05) is 39.8 Å². The molecule has 0 heterocycles. The Morgan fingerprint density at radius 2 is 2.13 bits per heavy atom. The van der Waals surface area contributed by atoms with Gasteiger partial charge in [-0.2, -0.15) is 11.8 Å². The summed E-state index contributed by atoms with van der Waals surface area (Å²) in [5.41, 5.74) is 2.28. The van der Waals surface area contributed by atoms with Crippen molar-refractivity contribution in [3.05, 3.63) is 12.2 Å². The summed E-state index contributed by atoms with van der Waals surface area (Å²) in [5, 5.41) is 0. The van der Waals surface area contributed by atoms with Crippen LogP contribution in [-0.4, -0.2) is 12.0 Å². The van der Waals surface area contributed by atoms with Gasteiger partial charge in [0, 0.05) is 0 Å². The van der Waals surface area contributed by atoms with Gasteiger partial charge in [0.2, 0.25) is 0 Å². The summed E-state index contributed by atoms with van der Waals surface area (Å²) >= 11 is 1.99. The van der Waals surface area contributed by atoms with Crippen molar-refractivity contribution in [3.8, 4) is 0 Å². The van der Waals surface area contributed by atoms with E-state index in [4.69, 9.17) is 0 Å². The minimum Gasteiger partial charge on any atom is -0.165 e. The normalized spacial score (nSPS) is 33.9. The summed E-state index contributed by atoms with van der Waals surface area (Å²) < 4.78 is 0. The zero-order chi connectivity index (χ0) is 11.9. The quantitative estimate of drug-likeness (QED) is 0.617. The van der Waals surface area contributed by atoms with Crippen LogP contribution in [-0.2, 0) is 0 Å². The topological polar surface area (TPSA) is 0 Å². The fourth-order valence-corrected chi connectivity index (χ4v) is 3.93. The molecule has 0 amide bonds. The van der Waals surface area contributed by atoms with E-state index in [-0.39, 0.29) is 0 Å². The molecule has 1 rings (SSSR count). The standard InChI is InChI=1S/C14H26S/c1-10(2)13(5)8-12(13)14(6,9-15-7)11(3)4/h11-12H,1,8-9H2,2-7H3. The zero-order valence-electron chi connectivity index (χ0n) is 11.2. The molecule has 0 aliphatic heterocycles. The van der Waals surface area contributed by atoms with Crippen LogP contribution in [0.15, 0.2) is 12.2 Å². The Bertz CT molecular complexity index is 256. The summed E-state index contributed by atoms with van der Waals surface area (Å²) in [4.78, 5) is 0. The van der Waals surface area contributed by atoms with E-state index in [1.807, 2.05) is 11.8 Å². The van der Waals surface area contributed by atoms with Crippen molar-refractivity contribution in [1.82, 2.24) is 0 Å². The average Bonchev–Trinajstić information content (AvgIpc) is 2.80. The van der Waals surface area contributed by atoms with Crippen molar-refractivity contribution in [3.63, 3.8) is 0 Å². The Labute approximate surface area is 99.9 Å². The van der Waals surface area contributed by atoms with Crippen LogP contribution in [0.4, 0.5) is 0 Å². The summed E-state index contributed by atoms with van der Waals surface area (Å²) in [6.45, 7) is 16.0. The molecule has 88 valence electrons. The second-order valence-corrected chi connectivity index (χ2v) is 6.91. The van der Waals surface area contributed by atoms with E-state index in [1.54, 1.807) is 0 Å². The van der Waals surface area contributed by atoms with Crippen molar-refractivity contribution in [2.24, 2.45) is 22.7 Å². The molecule has 3 unspecified atom stereocenters. The van der Waals surface area contributed by atoms with Crippen LogP contribution in [0.1, 0.15) is 41.0 Å². The van der Waals surface area contributed by atoms with Gasteiger partial charge >= 0.3 is 0 Å². The Hall–Kier alpha value is 0.0900. The number of allylic oxidation sites excluding steroid dienone is 1. The van der Waals surface area contributed by atoms with Crippen molar-refractivity contribution >= 4 is 11.8 Å². The first-order chi connectivity index (χ1) is 6.79. The smallest absolute Gasteiger partial charge is 0.00108 e. The lowest BCUT2D eigenvalue weighted by Crippen LogP contribution is -2.31. The average molecular weight is 226 g/mol.